The maximum Gasteiger partial charge on any atom is 0.346 e. The van der Waals surface area contributed by atoms with Crippen LogP contribution < -0.4 is 11.0 Å². The number of carbonyl (C=O) groups is 2. The van der Waals surface area contributed by atoms with E-state index in [1.165, 1.54) is 9.58 Å². The second kappa shape index (κ2) is 8.20. The molecule has 0 fully saturated rings. The third kappa shape index (κ3) is 4.45. The molecule has 1 N–H and O–H groups in total. The number of aryl methyl sites for hydroxylation is 1. The lowest BCUT2D eigenvalue weighted by molar-refractivity contribution is -0.122. The smallest absolute Gasteiger partial charge is 0.346 e. The second-order valence-electron chi connectivity index (χ2n) is 6.99. The van der Waals surface area contributed by atoms with E-state index in [9.17, 15) is 14.4 Å². The van der Waals surface area contributed by atoms with Crippen LogP contribution in [-0.4, -0.2) is 45.2 Å². The molecule has 0 aliphatic carbocycles. The summed E-state index contributed by atoms with van der Waals surface area (Å²) in [5.74, 6) is 0.440. The molecule has 1 aromatic carbocycles. The second-order valence-corrected chi connectivity index (χ2v) is 6.99. The molecule has 0 saturated heterocycles. The Bertz CT molecular complexity index is 880. The topological polar surface area (TPSA) is 89.2 Å². The van der Waals surface area contributed by atoms with E-state index in [2.05, 4.69) is 10.4 Å². The Balaban J connectivity index is 1.57. The van der Waals surface area contributed by atoms with E-state index < -0.39 is 0 Å². The monoisotopic (exact) mass is 371 g/mol. The first-order chi connectivity index (χ1) is 13.0. The van der Waals surface area contributed by atoms with Gasteiger partial charge in [-0.25, -0.2) is 9.48 Å². The van der Waals surface area contributed by atoms with Crippen molar-refractivity contribution in [1.82, 2.24) is 24.6 Å². The van der Waals surface area contributed by atoms with Gasteiger partial charge in [0, 0.05) is 39.2 Å². The summed E-state index contributed by atoms with van der Waals surface area (Å²) in [7, 11) is 3.40. The van der Waals surface area contributed by atoms with Crippen LogP contribution in [0, 0.1) is 0 Å². The first-order valence-corrected chi connectivity index (χ1v) is 9.19. The highest BCUT2D eigenvalue weighted by molar-refractivity contribution is 5.93. The number of hydrogen-bond acceptors (Lipinski definition) is 4. The Morgan fingerprint density at radius 1 is 1.15 bits per heavy atom. The molecule has 27 heavy (non-hydrogen) atoms. The highest BCUT2D eigenvalue weighted by Crippen LogP contribution is 2.10. The Labute approximate surface area is 157 Å². The van der Waals surface area contributed by atoms with Crippen molar-refractivity contribution in [3.63, 3.8) is 0 Å². The van der Waals surface area contributed by atoms with E-state index in [1.807, 2.05) is 12.1 Å². The molecule has 2 aromatic rings. The number of benzene rings is 1. The summed E-state index contributed by atoms with van der Waals surface area (Å²) in [4.78, 5) is 38.0. The van der Waals surface area contributed by atoms with Crippen LogP contribution in [0.25, 0.3) is 0 Å². The van der Waals surface area contributed by atoms with Crippen LogP contribution in [0.15, 0.2) is 29.1 Å². The van der Waals surface area contributed by atoms with Gasteiger partial charge in [-0.05, 0) is 30.5 Å². The summed E-state index contributed by atoms with van der Waals surface area (Å²) >= 11 is 0. The molecule has 0 bridgehead atoms. The van der Waals surface area contributed by atoms with Crippen LogP contribution in [0.1, 0.15) is 41.0 Å². The van der Waals surface area contributed by atoms with Gasteiger partial charge in [-0.3, -0.25) is 14.2 Å². The highest BCUT2D eigenvalue weighted by Gasteiger charge is 2.17. The zero-order valence-electron chi connectivity index (χ0n) is 15.8. The van der Waals surface area contributed by atoms with Crippen LogP contribution in [-0.2, 0) is 30.8 Å². The average Bonchev–Trinajstić information content (AvgIpc) is 2.83. The van der Waals surface area contributed by atoms with Crippen molar-refractivity contribution in [2.45, 2.75) is 45.3 Å². The van der Waals surface area contributed by atoms with E-state index in [-0.39, 0.29) is 24.0 Å². The molecule has 8 nitrogen and oxygen atoms in total. The predicted octanol–water partition coefficient (Wildman–Crippen LogP) is 0.789. The van der Waals surface area contributed by atoms with Crippen LogP contribution in [0.2, 0.25) is 0 Å². The van der Waals surface area contributed by atoms with Gasteiger partial charge in [0.25, 0.3) is 5.91 Å². The Hall–Kier alpha value is -2.90. The Kier molecular flexibility index (Phi) is 5.73. The minimum atomic E-state index is -0.265. The molecule has 1 aliphatic heterocycles. The molecule has 8 heteroatoms. The van der Waals surface area contributed by atoms with Crippen molar-refractivity contribution in [2.75, 3.05) is 14.1 Å². The fourth-order valence-corrected chi connectivity index (χ4v) is 3.14. The zero-order chi connectivity index (χ0) is 19.4. The maximum absolute atomic E-state index is 12.4. The number of amides is 2. The van der Waals surface area contributed by atoms with Gasteiger partial charge in [-0.15, -0.1) is 0 Å². The van der Waals surface area contributed by atoms with Gasteiger partial charge in [0.05, 0.1) is 0 Å². The number of nitrogens with one attached hydrogen (secondary N) is 1. The van der Waals surface area contributed by atoms with Crippen LogP contribution in [0.3, 0.4) is 0 Å². The Morgan fingerprint density at radius 3 is 2.59 bits per heavy atom. The van der Waals surface area contributed by atoms with Gasteiger partial charge in [0.1, 0.15) is 12.4 Å². The summed E-state index contributed by atoms with van der Waals surface area (Å²) < 4.78 is 2.93. The SMILES string of the molecule is CN(C)C(=O)c1ccc(CNC(=O)Cn2nc3n(c2=O)CCCCC3)cc1. The van der Waals surface area contributed by atoms with E-state index in [0.717, 1.165) is 37.1 Å². The molecule has 0 saturated carbocycles. The zero-order valence-corrected chi connectivity index (χ0v) is 15.8. The highest BCUT2D eigenvalue weighted by atomic mass is 16.2. The lowest BCUT2D eigenvalue weighted by Crippen LogP contribution is -2.33. The largest absolute Gasteiger partial charge is 0.350 e. The minimum Gasteiger partial charge on any atom is -0.350 e. The molecule has 0 spiro atoms. The number of hydrogen-bond donors (Lipinski definition) is 1. The van der Waals surface area contributed by atoms with Crippen molar-refractivity contribution >= 4 is 11.8 Å². The molecule has 2 amide bonds. The van der Waals surface area contributed by atoms with Gasteiger partial charge < -0.3 is 10.2 Å². The van der Waals surface area contributed by atoms with Crippen LogP contribution in [0.5, 0.6) is 0 Å². The molecule has 0 radical (unpaired) electrons. The normalized spacial score (nSPS) is 13.6. The molecular weight excluding hydrogens is 346 g/mol. The first-order valence-electron chi connectivity index (χ1n) is 9.19. The van der Waals surface area contributed by atoms with Crippen molar-refractivity contribution < 1.29 is 9.59 Å². The van der Waals surface area contributed by atoms with Crippen LogP contribution in [0.4, 0.5) is 0 Å². The van der Waals surface area contributed by atoms with Crippen molar-refractivity contribution in [3.8, 4) is 0 Å². The van der Waals surface area contributed by atoms with Crippen molar-refractivity contribution in [1.29, 1.82) is 0 Å². The van der Waals surface area contributed by atoms with E-state index >= 15 is 0 Å². The number of nitrogens with zero attached hydrogens (tertiary/aromatic N) is 4. The van der Waals surface area contributed by atoms with Crippen molar-refractivity contribution in [2.24, 2.45) is 0 Å². The summed E-state index contributed by atoms with van der Waals surface area (Å²) in [6.45, 7) is 0.918. The van der Waals surface area contributed by atoms with Gasteiger partial charge in [-0.2, -0.15) is 5.10 Å². The molecule has 1 aliphatic rings. The standard InChI is InChI=1S/C19H25N5O3/c1-22(2)18(26)15-9-7-14(8-10-15)12-20-17(25)13-24-19(27)23-11-5-3-4-6-16(23)21-24/h7-10H,3-6,11-13H2,1-2H3,(H,20,25). The van der Waals surface area contributed by atoms with Gasteiger partial charge in [-0.1, -0.05) is 18.6 Å². The fraction of sp³-hybridized carbons (Fsp3) is 0.474. The van der Waals surface area contributed by atoms with Crippen molar-refractivity contribution in [3.05, 3.63) is 51.7 Å². The summed E-state index contributed by atoms with van der Waals surface area (Å²) in [6.07, 6.45) is 3.87. The molecular formula is C19H25N5O3. The summed E-state index contributed by atoms with van der Waals surface area (Å²) in [5.41, 5.74) is 1.27. The number of fused-ring (bicyclic) bond motifs is 1. The fourth-order valence-electron chi connectivity index (χ4n) is 3.14. The first kappa shape index (κ1) is 18.9. The predicted molar refractivity (Wildman–Crippen MR) is 100 cm³/mol. The molecule has 0 unspecified atom stereocenters. The minimum absolute atomic E-state index is 0.0653. The van der Waals surface area contributed by atoms with E-state index in [4.69, 9.17) is 0 Å². The van der Waals surface area contributed by atoms with Gasteiger partial charge in [0.15, 0.2) is 0 Å². The number of aromatic nitrogens is 3. The molecule has 2 heterocycles. The molecule has 0 atom stereocenters. The van der Waals surface area contributed by atoms with Crippen LogP contribution >= 0.6 is 0 Å². The van der Waals surface area contributed by atoms with E-state index in [1.54, 1.807) is 30.8 Å². The van der Waals surface area contributed by atoms with Gasteiger partial charge >= 0.3 is 5.69 Å². The number of carbonyl (C=O) groups excluding carboxylic acids is 2. The molecule has 3 rings (SSSR count). The summed E-state index contributed by atoms with van der Waals surface area (Å²) in [5, 5.41) is 7.11. The Morgan fingerprint density at radius 2 is 1.89 bits per heavy atom. The van der Waals surface area contributed by atoms with E-state index in [0.29, 0.717) is 18.7 Å². The quantitative estimate of drug-likeness (QED) is 0.842. The maximum atomic E-state index is 12.4. The molecule has 144 valence electrons. The average molecular weight is 371 g/mol. The van der Waals surface area contributed by atoms with Gasteiger partial charge in [0.2, 0.25) is 5.91 Å². The lowest BCUT2D eigenvalue weighted by atomic mass is 10.1. The lowest BCUT2D eigenvalue weighted by Gasteiger charge is -2.10. The summed E-state index contributed by atoms with van der Waals surface area (Å²) in [6, 6.07) is 7.09. The molecule has 1 aromatic heterocycles. The third-order valence-corrected chi connectivity index (χ3v) is 4.67. The third-order valence-electron chi connectivity index (χ3n) is 4.67. The number of rotatable bonds is 5.